The SMILES string of the molecule is CC(C)[O][Ta]. The monoisotopic (exact) mass is 240 g/mol. The summed E-state index contributed by atoms with van der Waals surface area (Å²) in [4.78, 5) is 0. The second-order valence-corrected chi connectivity index (χ2v) is 1.91. The standard InChI is InChI=1S/C3H7O.Ta/c1-3(2)4;/h3H,1-2H3;/q-1;+1. The quantitative estimate of drug-likeness (QED) is 0.660. The van der Waals surface area contributed by atoms with Crippen LogP contribution >= 0.6 is 0 Å². The summed E-state index contributed by atoms with van der Waals surface area (Å²) in [5, 5.41) is 0. The van der Waals surface area contributed by atoms with Crippen molar-refractivity contribution in [2.24, 2.45) is 0 Å². The Morgan fingerprint density at radius 1 is 1.60 bits per heavy atom. The minimum atomic E-state index is 0.434. The molecule has 0 aliphatic rings. The van der Waals surface area contributed by atoms with Crippen molar-refractivity contribution in [2.45, 2.75) is 20.0 Å². The van der Waals surface area contributed by atoms with Crippen LogP contribution < -0.4 is 0 Å². The van der Waals surface area contributed by atoms with Crippen molar-refractivity contribution in [3.8, 4) is 0 Å². The summed E-state index contributed by atoms with van der Waals surface area (Å²) in [5.41, 5.74) is 0. The Labute approximate surface area is 45.1 Å². The molecule has 0 spiro atoms. The van der Waals surface area contributed by atoms with Crippen molar-refractivity contribution in [1.82, 2.24) is 0 Å². The molecule has 1 nitrogen and oxygen atoms in total. The zero-order chi connectivity index (χ0) is 4.28. The van der Waals surface area contributed by atoms with E-state index in [0.29, 0.717) is 6.10 Å². The Balaban J connectivity index is 2.54. The van der Waals surface area contributed by atoms with Gasteiger partial charge in [-0.05, 0) is 0 Å². The van der Waals surface area contributed by atoms with Crippen molar-refractivity contribution >= 4 is 0 Å². The molecule has 0 saturated heterocycles. The first-order valence-corrected chi connectivity index (χ1v) is 2.88. The maximum absolute atomic E-state index is 4.86. The summed E-state index contributed by atoms with van der Waals surface area (Å²) in [5.74, 6) is 0. The first-order chi connectivity index (χ1) is 2.27. The van der Waals surface area contributed by atoms with Crippen LogP contribution in [0.25, 0.3) is 0 Å². The van der Waals surface area contributed by atoms with Gasteiger partial charge in [0.25, 0.3) is 0 Å². The van der Waals surface area contributed by atoms with E-state index in [0.717, 1.165) is 21.5 Å². The Kier molecular flexibility index (Phi) is 3.32. The molecule has 0 unspecified atom stereocenters. The molecule has 2 heteroatoms. The second-order valence-electron chi connectivity index (χ2n) is 1.15. The Bertz CT molecular complexity index is 20.9. The van der Waals surface area contributed by atoms with Crippen LogP contribution in [0.2, 0.25) is 0 Å². The average molecular weight is 240 g/mol. The van der Waals surface area contributed by atoms with E-state index >= 15 is 0 Å². The molecule has 0 aromatic heterocycles. The molecular formula is C3H7OTa. The van der Waals surface area contributed by atoms with E-state index in [9.17, 15) is 0 Å². The van der Waals surface area contributed by atoms with Gasteiger partial charge in [0.15, 0.2) is 0 Å². The van der Waals surface area contributed by atoms with Gasteiger partial charge in [0.1, 0.15) is 0 Å². The molecule has 0 heterocycles. The molecule has 0 aliphatic heterocycles. The van der Waals surface area contributed by atoms with Gasteiger partial charge in [-0.1, -0.05) is 0 Å². The van der Waals surface area contributed by atoms with Gasteiger partial charge in [0, 0.05) is 0 Å². The van der Waals surface area contributed by atoms with Gasteiger partial charge in [0.05, 0.1) is 0 Å². The van der Waals surface area contributed by atoms with Gasteiger partial charge in [-0.15, -0.1) is 0 Å². The van der Waals surface area contributed by atoms with E-state index in [1.54, 1.807) is 0 Å². The topological polar surface area (TPSA) is 9.23 Å². The summed E-state index contributed by atoms with van der Waals surface area (Å²) >= 11 is 1.04. The van der Waals surface area contributed by atoms with Crippen LogP contribution in [0.4, 0.5) is 0 Å². The molecule has 0 bridgehead atoms. The van der Waals surface area contributed by atoms with Crippen molar-refractivity contribution < 1.29 is 24.7 Å². The molecule has 0 N–H and O–H groups in total. The molecule has 0 saturated carbocycles. The Morgan fingerprint density at radius 2 is 1.80 bits per heavy atom. The van der Waals surface area contributed by atoms with Gasteiger partial charge in [-0.2, -0.15) is 0 Å². The minimum absolute atomic E-state index is 0.434. The van der Waals surface area contributed by atoms with Crippen molar-refractivity contribution in [2.75, 3.05) is 0 Å². The summed E-state index contributed by atoms with van der Waals surface area (Å²) in [6.45, 7) is 4.06. The Morgan fingerprint density at radius 3 is 1.80 bits per heavy atom. The predicted molar refractivity (Wildman–Crippen MR) is 16.2 cm³/mol. The third-order valence-corrected chi connectivity index (χ3v) is 1.73. The van der Waals surface area contributed by atoms with Crippen LogP contribution in [0, 0.1) is 0 Å². The van der Waals surface area contributed by atoms with Crippen LogP contribution in [0.5, 0.6) is 0 Å². The number of rotatable bonds is 1. The molecule has 0 amide bonds. The maximum atomic E-state index is 4.86. The van der Waals surface area contributed by atoms with E-state index in [1.807, 2.05) is 13.8 Å². The Hall–Kier alpha value is 0.700. The van der Waals surface area contributed by atoms with Crippen molar-refractivity contribution in [3.63, 3.8) is 0 Å². The van der Waals surface area contributed by atoms with Crippen LogP contribution in [-0.4, -0.2) is 6.10 Å². The van der Waals surface area contributed by atoms with Crippen molar-refractivity contribution in [3.05, 3.63) is 0 Å². The number of hydrogen-bond donors (Lipinski definition) is 0. The molecule has 0 fully saturated rings. The first kappa shape index (κ1) is 5.70. The van der Waals surface area contributed by atoms with Crippen LogP contribution in [0.3, 0.4) is 0 Å². The second kappa shape index (κ2) is 2.91. The molecule has 0 rings (SSSR count). The van der Waals surface area contributed by atoms with Gasteiger partial charge >= 0.3 is 44.7 Å². The third kappa shape index (κ3) is 4.70. The fraction of sp³-hybridized carbons (Fsp3) is 1.00. The molecule has 30 valence electrons. The van der Waals surface area contributed by atoms with Gasteiger partial charge in [-0.3, -0.25) is 0 Å². The predicted octanol–water partition coefficient (Wildman–Crippen LogP) is 0.873. The van der Waals surface area contributed by atoms with Gasteiger partial charge in [0.2, 0.25) is 0 Å². The molecule has 0 atom stereocenters. The van der Waals surface area contributed by atoms with Crippen molar-refractivity contribution in [1.29, 1.82) is 0 Å². The third-order valence-electron chi connectivity index (χ3n) is 0.211. The molecular weight excluding hydrogens is 233 g/mol. The van der Waals surface area contributed by atoms with Crippen LogP contribution in [0.1, 0.15) is 13.8 Å². The van der Waals surface area contributed by atoms with E-state index < -0.39 is 0 Å². The molecule has 0 aromatic rings. The normalized spacial score (nSPS) is 9.40. The first-order valence-electron chi connectivity index (χ1n) is 1.57. The van der Waals surface area contributed by atoms with E-state index in [4.69, 9.17) is 3.24 Å². The molecule has 0 aliphatic carbocycles. The van der Waals surface area contributed by atoms with E-state index in [2.05, 4.69) is 0 Å². The fourth-order valence-corrected chi connectivity index (χ4v) is 0. The zero-order valence-corrected chi connectivity index (χ0v) is 6.65. The zero-order valence-electron chi connectivity index (χ0n) is 3.43. The van der Waals surface area contributed by atoms with Gasteiger partial charge in [-0.25, -0.2) is 0 Å². The summed E-state index contributed by atoms with van der Waals surface area (Å²) in [7, 11) is 0. The summed E-state index contributed by atoms with van der Waals surface area (Å²) < 4.78 is 4.86. The molecule has 0 aromatic carbocycles. The van der Waals surface area contributed by atoms with Crippen LogP contribution in [0.15, 0.2) is 0 Å². The molecule has 0 radical (unpaired) electrons. The summed E-state index contributed by atoms with van der Waals surface area (Å²) in [6.07, 6.45) is 0.434. The fourth-order valence-electron chi connectivity index (χ4n) is 0. The van der Waals surface area contributed by atoms with Crippen LogP contribution in [-0.2, 0) is 24.7 Å². The molecule has 5 heavy (non-hydrogen) atoms. The average Bonchev–Trinajstić information content (AvgIpc) is 1.38. The number of hydrogen-bond acceptors (Lipinski definition) is 1. The van der Waals surface area contributed by atoms with E-state index in [1.165, 1.54) is 0 Å². The summed E-state index contributed by atoms with van der Waals surface area (Å²) in [6, 6.07) is 0. The van der Waals surface area contributed by atoms with Gasteiger partial charge < -0.3 is 0 Å². The van der Waals surface area contributed by atoms with E-state index in [-0.39, 0.29) is 0 Å².